The highest BCUT2D eigenvalue weighted by Gasteiger charge is 2.16. The number of thioether (sulfide) groups is 2. The van der Waals surface area contributed by atoms with Gasteiger partial charge in [0.25, 0.3) is 0 Å². The minimum absolute atomic E-state index is 0.245. The van der Waals surface area contributed by atoms with Gasteiger partial charge in [0, 0.05) is 34.7 Å². The third kappa shape index (κ3) is 3.55. The van der Waals surface area contributed by atoms with Crippen LogP contribution >= 0.6 is 23.5 Å². The molecule has 2 heterocycles. The number of hydrogen-bond acceptors (Lipinski definition) is 5. The number of nitrogens with one attached hydrogen (secondary N) is 1. The van der Waals surface area contributed by atoms with Crippen molar-refractivity contribution in [2.24, 2.45) is 0 Å². The molecule has 18 heavy (non-hydrogen) atoms. The van der Waals surface area contributed by atoms with Gasteiger partial charge in [0.1, 0.15) is 11.4 Å². The van der Waals surface area contributed by atoms with Crippen LogP contribution in [0.25, 0.3) is 0 Å². The molecule has 1 saturated heterocycles. The van der Waals surface area contributed by atoms with Crippen LogP contribution in [0.4, 0.5) is 5.82 Å². The fourth-order valence-corrected chi connectivity index (χ4v) is 4.34. The van der Waals surface area contributed by atoms with Crippen LogP contribution in [0.5, 0.6) is 0 Å². The summed E-state index contributed by atoms with van der Waals surface area (Å²) in [5, 5.41) is 12.8. The highest BCUT2D eigenvalue weighted by molar-refractivity contribution is 8.06. The molecule has 0 bridgehead atoms. The molecule has 2 rings (SSSR count). The summed E-state index contributed by atoms with van der Waals surface area (Å²) in [6, 6.07) is 3.33. The van der Waals surface area contributed by atoms with E-state index in [1.165, 1.54) is 11.5 Å². The first kappa shape index (κ1) is 13.5. The van der Waals surface area contributed by atoms with Crippen LogP contribution in [0.15, 0.2) is 12.1 Å². The molecule has 4 nitrogen and oxygen atoms in total. The van der Waals surface area contributed by atoms with E-state index in [-0.39, 0.29) is 5.56 Å². The number of aromatic nitrogens is 1. The predicted molar refractivity (Wildman–Crippen MR) is 78.0 cm³/mol. The molecule has 98 valence electrons. The summed E-state index contributed by atoms with van der Waals surface area (Å²) in [6.07, 6.45) is 0. The van der Waals surface area contributed by atoms with Gasteiger partial charge in [0.15, 0.2) is 0 Å². The molecule has 0 aromatic carbocycles. The van der Waals surface area contributed by atoms with Gasteiger partial charge >= 0.3 is 5.97 Å². The summed E-state index contributed by atoms with van der Waals surface area (Å²) in [5.74, 6) is 3.05. The third-order valence-corrected chi connectivity index (χ3v) is 5.49. The van der Waals surface area contributed by atoms with E-state index in [4.69, 9.17) is 5.11 Å². The lowest BCUT2D eigenvalue weighted by Gasteiger charge is -2.21. The number of aromatic carboxylic acids is 1. The van der Waals surface area contributed by atoms with Gasteiger partial charge in [-0.2, -0.15) is 23.5 Å². The molecule has 1 aromatic heterocycles. The van der Waals surface area contributed by atoms with Crippen molar-refractivity contribution in [1.29, 1.82) is 0 Å². The summed E-state index contributed by atoms with van der Waals surface area (Å²) >= 11 is 3.90. The van der Waals surface area contributed by atoms with Gasteiger partial charge < -0.3 is 10.4 Å². The molecule has 6 heteroatoms. The Morgan fingerprint density at radius 1 is 1.56 bits per heavy atom. The third-order valence-electron chi connectivity index (χ3n) is 2.65. The van der Waals surface area contributed by atoms with E-state index in [2.05, 4.69) is 10.3 Å². The Kier molecular flexibility index (Phi) is 4.77. The van der Waals surface area contributed by atoms with Crippen LogP contribution in [0.3, 0.4) is 0 Å². The van der Waals surface area contributed by atoms with E-state index in [1.54, 1.807) is 12.1 Å². The highest BCUT2D eigenvalue weighted by Crippen LogP contribution is 2.24. The average molecular weight is 284 g/mol. The quantitative estimate of drug-likeness (QED) is 0.885. The van der Waals surface area contributed by atoms with Gasteiger partial charge in [0.2, 0.25) is 0 Å². The van der Waals surface area contributed by atoms with E-state index < -0.39 is 5.97 Å². The van der Waals surface area contributed by atoms with Crippen molar-refractivity contribution in [1.82, 2.24) is 4.98 Å². The smallest absolute Gasteiger partial charge is 0.339 e. The maximum atomic E-state index is 11.1. The van der Waals surface area contributed by atoms with Gasteiger partial charge in [-0.3, -0.25) is 0 Å². The van der Waals surface area contributed by atoms with Crippen LogP contribution in [0.1, 0.15) is 16.1 Å². The lowest BCUT2D eigenvalue weighted by Crippen LogP contribution is -2.24. The minimum Gasteiger partial charge on any atom is -0.478 e. The largest absolute Gasteiger partial charge is 0.478 e. The lowest BCUT2D eigenvalue weighted by molar-refractivity contribution is 0.0697. The Bertz CT molecular complexity index is 434. The standard InChI is InChI=1S/C12H16N2O2S2/c1-8-2-3-10(12(15)16)11(14-8)13-6-9-7-17-4-5-18-9/h2-3,9H,4-7H2,1H3,(H,13,14)(H,15,16). The summed E-state index contributed by atoms with van der Waals surface area (Å²) in [4.78, 5) is 15.4. The van der Waals surface area contributed by atoms with Crippen LogP contribution in [-0.2, 0) is 0 Å². The molecule has 0 aliphatic carbocycles. The van der Waals surface area contributed by atoms with Crippen molar-refractivity contribution in [3.63, 3.8) is 0 Å². The van der Waals surface area contributed by atoms with Crippen molar-refractivity contribution in [2.45, 2.75) is 12.2 Å². The van der Waals surface area contributed by atoms with Gasteiger partial charge in [-0.05, 0) is 19.1 Å². The number of hydrogen-bond donors (Lipinski definition) is 2. The zero-order valence-electron chi connectivity index (χ0n) is 10.2. The number of carbonyl (C=O) groups is 1. The van der Waals surface area contributed by atoms with Crippen LogP contribution in [0, 0.1) is 6.92 Å². The van der Waals surface area contributed by atoms with E-state index in [9.17, 15) is 4.79 Å². The van der Waals surface area contributed by atoms with Crippen LogP contribution in [-0.4, -0.2) is 45.1 Å². The lowest BCUT2D eigenvalue weighted by atomic mass is 10.2. The minimum atomic E-state index is -0.935. The fraction of sp³-hybridized carbons (Fsp3) is 0.500. The van der Waals surface area contributed by atoms with E-state index in [0.717, 1.165) is 18.0 Å². The molecule has 0 radical (unpaired) electrons. The van der Waals surface area contributed by atoms with E-state index in [0.29, 0.717) is 11.1 Å². The van der Waals surface area contributed by atoms with Crippen LogP contribution < -0.4 is 5.32 Å². The van der Waals surface area contributed by atoms with Crippen molar-refractivity contribution >= 4 is 35.3 Å². The second-order valence-electron chi connectivity index (χ2n) is 4.10. The molecule has 2 N–H and O–H groups in total. The molecular weight excluding hydrogens is 268 g/mol. The van der Waals surface area contributed by atoms with Crippen molar-refractivity contribution in [2.75, 3.05) is 29.1 Å². The summed E-state index contributed by atoms with van der Waals surface area (Å²) in [5.41, 5.74) is 1.07. The van der Waals surface area contributed by atoms with E-state index >= 15 is 0 Å². The molecule has 1 aliphatic heterocycles. The first-order chi connectivity index (χ1) is 8.66. The molecule has 0 amide bonds. The van der Waals surface area contributed by atoms with Gasteiger partial charge in [-0.1, -0.05) is 0 Å². The number of carboxylic acids is 1. The number of anilines is 1. The Labute approximate surface area is 115 Å². The van der Waals surface area contributed by atoms with Crippen molar-refractivity contribution in [3.05, 3.63) is 23.4 Å². The SMILES string of the molecule is Cc1ccc(C(=O)O)c(NCC2CSCCS2)n1. The topological polar surface area (TPSA) is 62.2 Å². The molecule has 1 fully saturated rings. The molecule has 1 atom stereocenters. The fourth-order valence-electron chi connectivity index (χ4n) is 1.73. The molecule has 1 aromatic rings. The number of carboxylic acid groups (broad SMARTS) is 1. The van der Waals surface area contributed by atoms with Gasteiger partial charge in [-0.15, -0.1) is 0 Å². The average Bonchev–Trinajstić information content (AvgIpc) is 2.37. The maximum absolute atomic E-state index is 11.1. The molecule has 1 unspecified atom stereocenters. The number of rotatable bonds is 4. The first-order valence-corrected chi connectivity index (χ1v) is 8.01. The first-order valence-electron chi connectivity index (χ1n) is 5.81. The normalized spacial score (nSPS) is 19.5. The molecule has 1 aliphatic rings. The number of nitrogens with zero attached hydrogens (tertiary/aromatic N) is 1. The van der Waals surface area contributed by atoms with Crippen molar-refractivity contribution < 1.29 is 9.90 Å². The second kappa shape index (κ2) is 6.33. The van der Waals surface area contributed by atoms with Gasteiger partial charge in [0.05, 0.1) is 0 Å². The summed E-state index contributed by atoms with van der Waals surface area (Å²) < 4.78 is 0. The Morgan fingerprint density at radius 3 is 3.06 bits per heavy atom. The number of aryl methyl sites for hydroxylation is 1. The van der Waals surface area contributed by atoms with Crippen molar-refractivity contribution in [3.8, 4) is 0 Å². The molecule has 0 spiro atoms. The Morgan fingerprint density at radius 2 is 2.39 bits per heavy atom. The second-order valence-corrected chi connectivity index (χ2v) is 6.66. The monoisotopic (exact) mass is 284 g/mol. The van der Waals surface area contributed by atoms with Gasteiger partial charge in [-0.25, -0.2) is 9.78 Å². The Balaban J connectivity index is 2.03. The van der Waals surface area contributed by atoms with Crippen LogP contribution in [0.2, 0.25) is 0 Å². The molecular formula is C12H16N2O2S2. The number of pyridine rings is 1. The summed E-state index contributed by atoms with van der Waals surface area (Å²) in [6.45, 7) is 2.64. The molecule has 0 saturated carbocycles. The van der Waals surface area contributed by atoms with E-state index in [1.807, 2.05) is 30.4 Å². The zero-order valence-corrected chi connectivity index (χ0v) is 11.8. The summed E-state index contributed by atoms with van der Waals surface area (Å²) in [7, 11) is 0. The highest BCUT2D eigenvalue weighted by atomic mass is 32.2. The predicted octanol–water partition coefficient (Wildman–Crippen LogP) is 2.35. The Hall–Kier alpha value is -0.880. The maximum Gasteiger partial charge on any atom is 0.339 e. The zero-order chi connectivity index (χ0) is 13.0.